The summed E-state index contributed by atoms with van der Waals surface area (Å²) in [5.74, 6) is 0.673. The lowest BCUT2D eigenvalue weighted by atomic mass is 10.1. The molecule has 31 heavy (non-hydrogen) atoms. The van der Waals surface area contributed by atoms with Crippen LogP contribution in [0.25, 0.3) is 0 Å². The summed E-state index contributed by atoms with van der Waals surface area (Å²) in [6.07, 6.45) is 2.09. The first-order valence-corrected chi connectivity index (χ1v) is 11.3. The number of hydrogen-bond acceptors (Lipinski definition) is 6. The van der Waals surface area contributed by atoms with Gasteiger partial charge < -0.3 is 14.2 Å². The lowest BCUT2D eigenvalue weighted by Crippen LogP contribution is -2.57. The van der Waals surface area contributed by atoms with E-state index in [0.29, 0.717) is 17.9 Å². The molecule has 1 amide bonds. The van der Waals surface area contributed by atoms with Crippen molar-refractivity contribution in [3.8, 4) is 11.5 Å². The zero-order valence-corrected chi connectivity index (χ0v) is 17.6. The van der Waals surface area contributed by atoms with Gasteiger partial charge in [0.05, 0.1) is 0 Å². The van der Waals surface area contributed by atoms with E-state index in [4.69, 9.17) is 4.74 Å². The summed E-state index contributed by atoms with van der Waals surface area (Å²) in [6.45, 7) is 0.309. The Morgan fingerprint density at radius 1 is 1.16 bits per heavy atom. The van der Waals surface area contributed by atoms with Crippen molar-refractivity contribution in [1.82, 2.24) is 19.7 Å². The molecule has 0 saturated carbocycles. The average molecular weight is 444 g/mol. The van der Waals surface area contributed by atoms with Gasteiger partial charge in [0.25, 0.3) is 0 Å². The number of nitrogens with zero attached hydrogens (tertiary/aromatic N) is 4. The molecule has 0 bridgehead atoms. The first-order valence-electron chi connectivity index (χ1n) is 9.71. The summed E-state index contributed by atoms with van der Waals surface area (Å²) >= 11 is 0. The van der Waals surface area contributed by atoms with Gasteiger partial charge in [-0.2, -0.15) is 0 Å². The summed E-state index contributed by atoms with van der Waals surface area (Å²) in [5.41, 5.74) is 0.914. The number of benzene rings is 2. The van der Waals surface area contributed by atoms with Crippen molar-refractivity contribution in [1.29, 1.82) is 0 Å². The van der Waals surface area contributed by atoms with E-state index in [9.17, 15) is 17.6 Å². The lowest BCUT2D eigenvalue weighted by molar-refractivity contribution is -0.134. The minimum atomic E-state index is -3.61. The van der Waals surface area contributed by atoms with Gasteiger partial charge in [0, 0.05) is 26.6 Å². The standard InChI is InChI=1S/C21H21FN4O4S/c1-25-14-23-24-21(25)31(28,29)19-12-26(13-19)20(27)10-5-15-3-2-4-18(11-15)30-17-8-6-16(22)7-9-17/h2-4,6-9,11,14,19H,5,10,12-13H2,1H3. The van der Waals surface area contributed by atoms with Crippen LogP contribution in [0.5, 0.6) is 11.5 Å². The molecule has 0 aliphatic carbocycles. The molecule has 2 heterocycles. The van der Waals surface area contributed by atoms with E-state index >= 15 is 0 Å². The van der Waals surface area contributed by atoms with Crippen LogP contribution in [0.4, 0.5) is 4.39 Å². The Labute approximate surface area is 179 Å². The van der Waals surface area contributed by atoms with Crippen molar-refractivity contribution in [3.05, 3.63) is 66.2 Å². The molecule has 1 saturated heterocycles. The molecule has 2 aromatic carbocycles. The van der Waals surface area contributed by atoms with Crippen LogP contribution in [-0.4, -0.2) is 52.3 Å². The van der Waals surface area contributed by atoms with Crippen molar-refractivity contribution >= 4 is 15.7 Å². The van der Waals surface area contributed by atoms with Crippen molar-refractivity contribution < 1.29 is 22.3 Å². The fourth-order valence-electron chi connectivity index (χ4n) is 3.33. The largest absolute Gasteiger partial charge is 0.457 e. The predicted molar refractivity (Wildman–Crippen MR) is 110 cm³/mol. The first-order chi connectivity index (χ1) is 14.8. The Kier molecular flexibility index (Phi) is 5.73. The smallest absolute Gasteiger partial charge is 0.249 e. The Balaban J connectivity index is 1.30. The van der Waals surface area contributed by atoms with Crippen LogP contribution in [0.1, 0.15) is 12.0 Å². The number of carbonyl (C=O) groups is 1. The Morgan fingerprint density at radius 3 is 2.58 bits per heavy atom. The molecule has 8 nitrogen and oxygen atoms in total. The average Bonchev–Trinajstić information content (AvgIpc) is 3.14. The normalized spacial score (nSPS) is 14.3. The van der Waals surface area contributed by atoms with E-state index in [1.807, 2.05) is 18.2 Å². The highest BCUT2D eigenvalue weighted by Crippen LogP contribution is 2.25. The lowest BCUT2D eigenvalue weighted by Gasteiger charge is -2.38. The molecular formula is C21H21FN4O4S. The number of sulfone groups is 1. The summed E-state index contributed by atoms with van der Waals surface area (Å²) < 4.78 is 45.2. The highest BCUT2D eigenvalue weighted by atomic mass is 32.2. The molecule has 1 aliphatic heterocycles. The number of halogens is 1. The van der Waals surface area contributed by atoms with Gasteiger partial charge in [-0.1, -0.05) is 12.1 Å². The van der Waals surface area contributed by atoms with Crippen LogP contribution in [-0.2, 0) is 28.1 Å². The number of amides is 1. The summed E-state index contributed by atoms with van der Waals surface area (Å²) in [5, 5.41) is 6.54. The van der Waals surface area contributed by atoms with Crippen molar-refractivity contribution in [2.24, 2.45) is 7.05 Å². The van der Waals surface area contributed by atoms with Gasteiger partial charge in [0.1, 0.15) is 28.9 Å². The number of likely N-dealkylation sites (tertiary alicyclic amines) is 1. The Hall–Kier alpha value is -3.27. The maximum atomic E-state index is 13.0. The number of aromatic nitrogens is 3. The molecule has 3 aromatic rings. The first kappa shape index (κ1) is 21.0. The van der Waals surface area contributed by atoms with Crippen molar-refractivity contribution in [2.75, 3.05) is 13.1 Å². The molecule has 0 unspecified atom stereocenters. The van der Waals surface area contributed by atoms with Gasteiger partial charge in [0.15, 0.2) is 0 Å². The van der Waals surface area contributed by atoms with Crippen LogP contribution in [0.2, 0.25) is 0 Å². The van der Waals surface area contributed by atoms with Crippen LogP contribution >= 0.6 is 0 Å². The molecule has 0 radical (unpaired) electrons. The summed E-state index contributed by atoms with van der Waals surface area (Å²) in [7, 11) is -2.03. The molecule has 4 rings (SSSR count). The molecule has 0 N–H and O–H groups in total. The molecule has 1 aliphatic rings. The van der Waals surface area contributed by atoms with Crippen molar-refractivity contribution in [2.45, 2.75) is 23.2 Å². The van der Waals surface area contributed by atoms with Gasteiger partial charge in [-0.25, -0.2) is 12.8 Å². The third-order valence-electron chi connectivity index (χ3n) is 5.14. The van der Waals surface area contributed by atoms with Gasteiger partial charge in [-0.05, 0) is 48.4 Å². The van der Waals surface area contributed by atoms with E-state index in [1.165, 1.54) is 27.9 Å². The third-order valence-corrected chi connectivity index (χ3v) is 7.19. The van der Waals surface area contributed by atoms with Crippen LogP contribution < -0.4 is 4.74 Å². The number of aryl methyl sites for hydroxylation is 2. The van der Waals surface area contributed by atoms with Gasteiger partial charge in [0.2, 0.25) is 20.9 Å². The number of carbonyl (C=O) groups excluding carboxylic acids is 1. The van der Waals surface area contributed by atoms with Crippen LogP contribution in [0.15, 0.2) is 60.0 Å². The monoisotopic (exact) mass is 444 g/mol. The maximum Gasteiger partial charge on any atom is 0.249 e. The second-order valence-electron chi connectivity index (χ2n) is 7.39. The van der Waals surface area contributed by atoms with Gasteiger partial charge >= 0.3 is 0 Å². The quantitative estimate of drug-likeness (QED) is 0.555. The van der Waals surface area contributed by atoms with Crippen LogP contribution in [0, 0.1) is 5.82 Å². The number of ether oxygens (including phenoxy) is 1. The third kappa shape index (κ3) is 4.58. The fraction of sp³-hybridized carbons (Fsp3) is 0.286. The predicted octanol–water partition coefficient (Wildman–Crippen LogP) is 2.36. The second-order valence-corrected chi connectivity index (χ2v) is 9.52. The summed E-state index contributed by atoms with van der Waals surface area (Å²) in [4.78, 5) is 14.0. The van der Waals surface area contributed by atoms with E-state index in [2.05, 4.69) is 10.2 Å². The minimum absolute atomic E-state index is 0.0810. The van der Waals surface area contributed by atoms with E-state index < -0.39 is 15.1 Å². The number of rotatable bonds is 7. The van der Waals surface area contributed by atoms with E-state index in [-0.39, 0.29) is 36.4 Å². The summed E-state index contributed by atoms with van der Waals surface area (Å²) in [6, 6.07) is 13.1. The molecule has 1 aromatic heterocycles. The molecule has 0 spiro atoms. The van der Waals surface area contributed by atoms with Gasteiger partial charge in [-0.15, -0.1) is 10.2 Å². The van der Waals surface area contributed by atoms with E-state index in [1.54, 1.807) is 25.2 Å². The highest BCUT2D eigenvalue weighted by Gasteiger charge is 2.42. The zero-order chi connectivity index (χ0) is 22.0. The molecule has 1 fully saturated rings. The molecule has 10 heteroatoms. The van der Waals surface area contributed by atoms with E-state index in [0.717, 1.165) is 5.56 Å². The Morgan fingerprint density at radius 2 is 1.90 bits per heavy atom. The van der Waals surface area contributed by atoms with Gasteiger partial charge in [-0.3, -0.25) is 4.79 Å². The topological polar surface area (TPSA) is 94.4 Å². The fourth-order valence-corrected chi connectivity index (χ4v) is 4.99. The minimum Gasteiger partial charge on any atom is -0.457 e. The zero-order valence-electron chi connectivity index (χ0n) is 16.8. The molecular weight excluding hydrogens is 423 g/mol. The molecule has 0 atom stereocenters. The second kappa shape index (κ2) is 8.46. The number of hydrogen-bond donors (Lipinski definition) is 0. The SMILES string of the molecule is Cn1cnnc1S(=O)(=O)C1CN(C(=O)CCc2cccc(Oc3ccc(F)cc3)c2)C1. The van der Waals surface area contributed by atoms with Crippen molar-refractivity contribution in [3.63, 3.8) is 0 Å². The maximum absolute atomic E-state index is 13.0. The Bertz CT molecular complexity index is 1190. The van der Waals surface area contributed by atoms with Crippen LogP contribution in [0.3, 0.4) is 0 Å². The molecule has 162 valence electrons. The highest BCUT2D eigenvalue weighted by molar-refractivity contribution is 7.92.